The van der Waals surface area contributed by atoms with Gasteiger partial charge < -0.3 is 14.8 Å². The molecule has 34 heavy (non-hydrogen) atoms. The van der Waals surface area contributed by atoms with Gasteiger partial charge in [0.2, 0.25) is 5.91 Å². The van der Waals surface area contributed by atoms with Gasteiger partial charge in [0.15, 0.2) is 11.5 Å². The van der Waals surface area contributed by atoms with Crippen molar-refractivity contribution in [2.24, 2.45) is 0 Å². The average Bonchev–Trinajstić information content (AvgIpc) is 2.79. The van der Waals surface area contributed by atoms with Crippen LogP contribution in [0.5, 0.6) is 11.5 Å². The van der Waals surface area contributed by atoms with Crippen molar-refractivity contribution < 1.29 is 22.7 Å². The van der Waals surface area contributed by atoms with Crippen molar-refractivity contribution in [3.05, 3.63) is 77.3 Å². The van der Waals surface area contributed by atoms with E-state index < -0.39 is 10.0 Å². The Labute approximate surface area is 205 Å². The molecule has 0 saturated carbocycles. The lowest BCUT2D eigenvalue weighted by Crippen LogP contribution is -2.14. The molecule has 3 aromatic rings. The number of halogens is 1. The van der Waals surface area contributed by atoms with Gasteiger partial charge in [0.25, 0.3) is 10.0 Å². The normalized spacial score (nSPS) is 11.0. The molecule has 3 aromatic carbocycles. The Bertz CT molecular complexity index is 1230. The predicted octanol–water partition coefficient (Wildman–Crippen LogP) is 5.51. The Hall–Kier alpha value is -3.23. The molecule has 0 heterocycles. The van der Waals surface area contributed by atoms with Crippen LogP contribution in [0.25, 0.3) is 0 Å². The average molecular weight is 503 g/mol. The minimum atomic E-state index is -3.78. The largest absolute Gasteiger partial charge is 0.490 e. The molecule has 0 saturated heterocycles. The van der Waals surface area contributed by atoms with Crippen LogP contribution < -0.4 is 19.5 Å². The van der Waals surface area contributed by atoms with Crippen molar-refractivity contribution in [1.82, 2.24) is 0 Å². The van der Waals surface area contributed by atoms with Crippen LogP contribution in [0.4, 0.5) is 11.4 Å². The van der Waals surface area contributed by atoms with Crippen molar-refractivity contribution in [2.75, 3.05) is 23.3 Å². The number of amides is 1. The zero-order valence-electron chi connectivity index (χ0n) is 19.0. The Balaban J connectivity index is 1.58. The standard InChI is InChI=1S/C25H27ClN2O5S/c1-3-32-23-14-8-18(16-24(23)33-4-2)9-15-25(29)27-20-10-12-22(13-11-20)34(30,31)28-21-7-5-6-19(26)17-21/h5-8,10-14,16-17,28H,3-4,9,15H2,1-2H3,(H,27,29). The van der Waals surface area contributed by atoms with E-state index in [-0.39, 0.29) is 17.2 Å². The molecule has 0 radical (unpaired) electrons. The van der Waals surface area contributed by atoms with Gasteiger partial charge >= 0.3 is 0 Å². The summed E-state index contributed by atoms with van der Waals surface area (Å²) >= 11 is 5.91. The molecule has 7 nitrogen and oxygen atoms in total. The third-order valence-corrected chi connectivity index (χ3v) is 6.41. The topological polar surface area (TPSA) is 93.7 Å². The van der Waals surface area contributed by atoms with E-state index in [0.29, 0.717) is 47.5 Å². The van der Waals surface area contributed by atoms with Gasteiger partial charge in [-0.05, 0) is 80.4 Å². The molecule has 0 aliphatic rings. The number of carbonyl (C=O) groups excluding carboxylic acids is 1. The lowest BCUT2D eigenvalue weighted by molar-refractivity contribution is -0.116. The summed E-state index contributed by atoms with van der Waals surface area (Å²) in [6.07, 6.45) is 0.782. The summed E-state index contributed by atoms with van der Waals surface area (Å²) in [6, 6.07) is 18.1. The summed E-state index contributed by atoms with van der Waals surface area (Å²) < 4.78 is 38.8. The summed E-state index contributed by atoms with van der Waals surface area (Å²) in [5.74, 6) is 1.15. The van der Waals surface area contributed by atoms with Gasteiger partial charge in [0.1, 0.15) is 0 Å². The summed E-state index contributed by atoms with van der Waals surface area (Å²) in [5, 5.41) is 3.22. The first-order valence-electron chi connectivity index (χ1n) is 10.9. The molecular formula is C25H27ClN2O5S. The molecule has 9 heteroatoms. The number of anilines is 2. The van der Waals surface area contributed by atoms with E-state index in [1.54, 1.807) is 30.3 Å². The zero-order chi connectivity index (χ0) is 24.6. The third kappa shape index (κ3) is 7.13. The molecule has 1 amide bonds. The summed E-state index contributed by atoms with van der Waals surface area (Å²) in [5.41, 5.74) is 1.83. The fourth-order valence-electron chi connectivity index (χ4n) is 3.22. The highest BCUT2D eigenvalue weighted by atomic mass is 35.5. The molecule has 0 bridgehead atoms. The molecular weight excluding hydrogens is 476 g/mol. The number of hydrogen-bond donors (Lipinski definition) is 2. The molecule has 0 aromatic heterocycles. The van der Waals surface area contributed by atoms with E-state index in [2.05, 4.69) is 10.0 Å². The summed E-state index contributed by atoms with van der Waals surface area (Å²) in [6.45, 7) is 4.87. The molecule has 0 spiro atoms. The van der Waals surface area contributed by atoms with Gasteiger partial charge in [-0.15, -0.1) is 0 Å². The molecule has 0 fully saturated rings. The molecule has 0 aliphatic heterocycles. The second-order valence-electron chi connectivity index (χ2n) is 7.34. The van der Waals surface area contributed by atoms with Crippen LogP contribution in [0.15, 0.2) is 71.6 Å². The minimum absolute atomic E-state index is 0.0725. The number of sulfonamides is 1. The number of aryl methyl sites for hydroxylation is 1. The van der Waals surface area contributed by atoms with Crippen molar-refractivity contribution in [2.45, 2.75) is 31.6 Å². The lowest BCUT2D eigenvalue weighted by atomic mass is 10.1. The number of ether oxygens (including phenoxy) is 2. The fourth-order valence-corrected chi connectivity index (χ4v) is 4.46. The van der Waals surface area contributed by atoms with Crippen LogP contribution in [0.2, 0.25) is 5.02 Å². The van der Waals surface area contributed by atoms with Crippen LogP contribution in [-0.4, -0.2) is 27.5 Å². The highest BCUT2D eigenvalue weighted by Gasteiger charge is 2.15. The SMILES string of the molecule is CCOc1ccc(CCC(=O)Nc2ccc(S(=O)(=O)Nc3cccc(Cl)c3)cc2)cc1OCC. The monoisotopic (exact) mass is 502 g/mol. The van der Waals surface area contributed by atoms with E-state index >= 15 is 0 Å². The van der Waals surface area contributed by atoms with Gasteiger partial charge in [-0.25, -0.2) is 8.42 Å². The van der Waals surface area contributed by atoms with Crippen molar-refractivity contribution in [3.63, 3.8) is 0 Å². The Morgan fingerprint density at radius 1 is 0.882 bits per heavy atom. The van der Waals surface area contributed by atoms with Gasteiger partial charge in [0.05, 0.1) is 23.8 Å². The molecule has 0 aliphatic carbocycles. The van der Waals surface area contributed by atoms with Gasteiger partial charge in [-0.3, -0.25) is 9.52 Å². The van der Waals surface area contributed by atoms with Crippen LogP contribution in [0, 0.1) is 0 Å². The van der Waals surface area contributed by atoms with Crippen molar-refractivity contribution in [3.8, 4) is 11.5 Å². The number of rotatable bonds is 11. The van der Waals surface area contributed by atoms with Crippen LogP contribution >= 0.6 is 11.6 Å². The number of benzene rings is 3. The van der Waals surface area contributed by atoms with E-state index in [1.807, 2.05) is 32.0 Å². The van der Waals surface area contributed by atoms with Gasteiger partial charge in [0, 0.05) is 17.1 Å². The van der Waals surface area contributed by atoms with E-state index in [0.717, 1.165) is 5.56 Å². The lowest BCUT2D eigenvalue weighted by Gasteiger charge is -2.12. The maximum absolute atomic E-state index is 12.6. The fraction of sp³-hybridized carbons (Fsp3) is 0.240. The number of carbonyl (C=O) groups is 1. The Morgan fingerprint density at radius 2 is 1.59 bits per heavy atom. The first-order chi connectivity index (χ1) is 16.3. The smallest absolute Gasteiger partial charge is 0.261 e. The molecule has 2 N–H and O–H groups in total. The zero-order valence-corrected chi connectivity index (χ0v) is 20.6. The number of hydrogen-bond acceptors (Lipinski definition) is 5. The van der Waals surface area contributed by atoms with Crippen LogP contribution in [0.3, 0.4) is 0 Å². The van der Waals surface area contributed by atoms with E-state index in [9.17, 15) is 13.2 Å². The molecule has 3 rings (SSSR count). The highest BCUT2D eigenvalue weighted by molar-refractivity contribution is 7.92. The Morgan fingerprint density at radius 3 is 2.26 bits per heavy atom. The quantitative estimate of drug-likeness (QED) is 0.360. The minimum Gasteiger partial charge on any atom is -0.490 e. The first-order valence-corrected chi connectivity index (χ1v) is 12.7. The van der Waals surface area contributed by atoms with Crippen LogP contribution in [-0.2, 0) is 21.2 Å². The summed E-state index contributed by atoms with van der Waals surface area (Å²) in [7, 11) is -3.78. The summed E-state index contributed by atoms with van der Waals surface area (Å²) in [4.78, 5) is 12.5. The molecule has 180 valence electrons. The number of nitrogens with one attached hydrogen (secondary N) is 2. The first kappa shape index (κ1) is 25.4. The van der Waals surface area contributed by atoms with Crippen LogP contribution in [0.1, 0.15) is 25.8 Å². The van der Waals surface area contributed by atoms with Gasteiger partial charge in [-0.1, -0.05) is 23.7 Å². The molecule has 0 atom stereocenters. The Kier molecular flexibility index (Phi) is 8.79. The maximum atomic E-state index is 12.6. The van der Waals surface area contributed by atoms with Gasteiger partial charge in [-0.2, -0.15) is 0 Å². The second kappa shape index (κ2) is 11.8. The predicted molar refractivity (Wildman–Crippen MR) is 134 cm³/mol. The maximum Gasteiger partial charge on any atom is 0.261 e. The highest BCUT2D eigenvalue weighted by Crippen LogP contribution is 2.29. The molecule has 0 unspecified atom stereocenters. The van der Waals surface area contributed by atoms with Crippen molar-refractivity contribution >= 4 is 38.9 Å². The second-order valence-corrected chi connectivity index (χ2v) is 9.45. The van der Waals surface area contributed by atoms with E-state index in [4.69, 9.17) is 21.1 Å². The third-order valence-electron chi connectivity index (χ3n) is 4.77. The van der Waals surface area contributed by atoms with E-state index in [1.165, 1.54) is 18.2 Å². The van der Waals surface area contributed by atoms with Crippen molar-refractivity contribution in [1.29, 1.82) is 0 Å².